The van der Waals surface area contributed by atoms with Crippen molar-refractivity contribution in [3.63, 3.8) is 0 Å². The third kappa shape index (κ3) is 3.42. The average molecular weight is 362 g/mol. The Morgan fingerprint density at radius 1 is 1.42 bits per heavy atom. The van der Waals surface area contributed by atoms with Crippen LogP contribution in [0.5, 0.6) is 5.19 Å². The molecule has 0 saturated carbocycles. The van der Waals surface area contributed by atoms with Crippen molar-refractivity contribution >= 4 is 38.9 Å². The minimum Gasteiger partial charge on any atom is -0.473 e. The largest absolute Gasteiger partial charge is 0.473 e. The monoisotopic (exact) mass is 362 g/mol. The van der Waals surface area contributed by atoms with E-state index in [1.807, 2.05) is 32.9 Å². The van der Waals surface area contributed by atoms with Crippen LogP contribution in [-0.4, -0.2) is 21.3 Å². The Labute approximate surface area is 147 Å². The molecule has 3 aromatic rings. The number of nitrogens with zero attached hydrogens (tertiary/aromatic N) is 2. The van der Waals surface area contributed by atoms with Crippen LogP contribution in [0.25, 0.3) is 10.9 Å². The Morgan fingerprint density at radius 2 is 2.17 bits per heavy atom. The first-order valence-electron chi connectivity index (χ1n) is 7.33. The second-order valence-electron chi connectivity index (χ2n) is 4.51. The molecule has 0 spiro atoms. The van der Waals surface area contributed by atoms with E-state index in [1.54, 1.807) is 6.20 Å². The standard InChI is InChI=1S/C14H12N4O2S2.C2H6/c1-8-3-4-10(13-12(8)9(5-15)6-16-13)18-22(19)11-7-17-14(20-2)21-11;1-2/h3-4,6-7,16,18H,1-2H3;1-2H3. The first kappa shape index (κ1) is 18.0. The average Bonchev–Trinajstić information content (AvgIpc) is 3.26. The minimum atomic E-state index is -1.45. The van der Waals surface area contributed by atoms with Crippen LogP contribution in [0.2, 0.25) is 0 Å². The molecular weight excluding hydrogens is 344 g/mol. The van der Waals surface area contributed by atoms with Crippen molar-refractivity contribution in [2.24, 2.45) is 0 Å². The second kappa shape index (κ2) is 7.95. The molecule has 6 nitrogen and oxygen atoms in total. The SMILES string of the molecule is CC.COc1ncc(S(=O)Nc2ccc(C)c3c(C#N)c[nH]c23)s1. The van der Waals surface area contributed by atoms with Crippen molar-refractivity contribution < 1.29 is 8.95 Å². The highest BCUT2D eigenvalue weighted by atomic mass is 32.2. The molecule has 0 aliphatic carbocycles. The van der Waals surface area contributed by atoms with Crippen molar-refractivity contribution in [1.82, 2.24) is 9.97 Å². The Morgan fingerprint density at radius 3 is 2.79 bits per heavy atom. The predicted octanol–water partition coefficient (Wildman–Crippen LogP) is 3.97. The van der Waals surface area contributed by atoms with Gasteiger partial charge in [0.1, 0.15) is 10.3 Å². The zero-order chi connectivity index (χ0) is 17.7. The van der Waals surface area contributed by atoms with E-state index in [-0.39, 0.29) is 0 Å². The maximum atomic E-state index is 12.4. The van der Waals surface area contributed by atoms with Gasteiger partial charge in [-0.2, -0.15) is 5.26 Å². The van der Waals surface area contributed by atoms with E-state index in [9.17, 15) is 4.21 Å². The molecule has 3 rings (SSSR count). The van der Waals surface area contributed by atoms with E-state index >= 15 is 0 Å². The Balaban J connectivity index is 0.00000100. The summed E-state index contributed by atoms with van der Waals surface area (Å²) >= 11 is 1.22. The van der Waals surface area contributed by atoms with Gasteiger partial charge in [0.25, 0.3) is 5.19 Å². The van der Waals surface area contributed by atoms with Gasteiger partial charge in [0.15, 0.2) is 11.0 Å². The molecule has 0 amide bonds. The van der Waals surface area contributed by atoms with Crippen molar-refractivity contribution in [1.29, 1.82) is 5.26 Å². The quantitative estimate of drug-likeness (QED) is 0.734. The molecular formula is C16H18N4O2S2. The number of fused-ring (bicyclic) bond motifs is 1. The molecule has 1 unspecified atom stereocenters. The highest BCUT2D eigenvalue weighted by Crippen LogP contribution is 2.30. The number of aromatic amines is 1. The second-order valence-corrected chi connectivity index (χ2v) is 6.95. The van der Waals surface area contributed by atoms with Crippen LogP contribution in [0.15, 0.2) is 28.7 Å². The van der Waals surface area contributed by atoms with Crippen LogP contribution in [0.1, 0.15) is 25.0 Å². The minimum absolute atomic E-state index is 0.464. The highest BCUT2D eigenvalue weighted by Gasteiger charge is 2.14. The fourth-order valence-corrected chi connectivity index (χ4v) is 3.89. The van der Waals surface area contributed by atoms with Gasteiger partial charge < -0.3 is 9.72 Å². The molecule has 24 heavy (non-hydrogen) atoms. The topological polar surface area (TPSA) is 90.8 Å². The summed E-state index contributed by atoms with van der Waals surface area (Å²) in [7, 11) is 0.0713. The zero-order valence-electron chi connectivity index (χ0n) is 13.8. The number of thiazole rings is 1. The van der Waals surface area contributed by atoms with Crippen molar-refractivity contribution in [3.05, 3.63) is 35.7 Å². The lowest BCUT2D eigenvalue weighted by molar-refractivity contribution is 0.412. The van der Waals surface area contributed by atoms with Crippen molar-refractivity contribution in [2.75, 3.05) is 11.8 Å². The lowest BCUT2D eigenvalue weighted by atomic mass is 10.1. The van der Waals surface area contributed by atoms with Crippen LogP contribution in [0.4, 0.5) is 5.69 Å². The summed E-state index contributed by atoms with van der Waals surface area (Å²) in [4.78, 5) is 7.07. The summed E-state index contributed by atoms with van der Waals surface area (Å²) < 4.78 is 20.9. The lowest BCUT2D eigenvalue weighted by Crippen LogP contribution is -2.03. The number of aromatic nitrogens is 2. The molecule has 2 aromatic heterocycles. The van der Waals surface area contributed by atoms with E-state index < -0.39 is 11.0 Å². The number of hydrogen-bond acceptors (Lipinski definition) is 5. The smallest absolute Gasteiger partial charge is 0.274 e. The first-order chi connectivity index (χ1) is 11.6. The summed E-state index contributed by atoms with van der Waals surface area (Å²) in [6.07, 6.45) is 3.18. The van der Waals surface area contributed by atoms with E-state index in [2.05, 4.69) is 20.8 Å². The highest BCUT2D eigenvalue weighted by molar-refractivity contribution is 7.88. The molecule has 2 heterocycles. The fraction of sp³-hybridized carbons (Fsp3) is 0.250. The van der Waals surface area contributed by atoms with Crippen LogP contribution < -0.4 is 9.46 Å². The fourth-order valence-electron chi connectivity index (χ4n) is 2.17. The van der Waals surface area contributed by atoms with Gasteiger partial charge >= 0.3 is 0 Å². The van der Waals surface area contributed by atoms with E-state index in [4.69, 9.17) is 10.00 Å². The van der Waals surface area contributed by atoms with Gasteiger partial charge in [0, 0.05) is 11.6 Å². The van der Waals surface area contributed by atoms with Crippen LogP contribution in [-0.2, 0) is 11.0 Å². The lowest BCUT2D eigenvalue weighted by Gasteiger charge is -2.07. The van der Waals surface area contributed by atoms with Crippen LogP contribution in [0.3, 0.4) is 0 Å². The van der Waals surface area contributed by atoms with Gasteiger partial charge in [0.05, 0.1) is 30.1 Å². The number of anilines is 1. The number of benzene rings is 1. The summed E-state index contributed by atoms with van der Waals surface area (Å²) in [5.74, 6) is 0. The number of H-pyrrole nitrogens is 1. The molecule has 0 bridgehead atoms. The Kier molecular flexibility index (Phi) is 5.95. The summed E-state index contributed by atoms with van der Waals surface area (Å²) in [6.45, 7) is 5.94. The van der Waals surface area contributed by atoms with Gasteiger partial charge in [-0.1, -0.05) is 31.3 Å². The van der Waals surface area contributed by atoms with E-state index in [0.29, 0.717) is 20.7 Å². The number of nitrogens with one attached hydrogen (secondary N) is 2. The third-order valence-electron chi connectivity index (χ3n) is 3.19. The molecule has 126 valence electrons. The molecule has 0 aliphatic heterocycles. The molecule has 0 fully saturated rings. The maximum Gasteiger partial charge on any atom is 0.274 e. The number of methoxy groups -OCH3 is 1. The molecule has 0 saturated heterocycles. The molecule has 1 atom stereocenters. The number of aryl methyl sites for hydroxylation is 1. The molecule has 0 radical (unpaired) electrons. The molecule has 0 aliphatic rings. The maximum absolute atomic E-state index is 12.4. The zero-order valence-corrected chi connectivity index (χ0v) is 15.5. The normalized spacial score (nSPS) is 11.3. The number of rotatable bonds is 4. The van der Waals surface area contributed by atoms with Gasteiger partial charge in [0.2, 0.25) is 0 Å². The van der Waals surface area contributed by atoms with E-state index in [1.165, 1.54) is 24.6 Å². The third-order valence-corrected chi connectivity index (χ3v) is 5.52. The summed E-state index contributed by atoms with van der Waals surface area (Å²) in [5, 5.41) is 10.5. The number of hydrogen-bond donors (Lipinski definition) is 2. The van der Waals surface area contributed by atoms with E-state index in [0.717, 1.165) is 16.5 Å². The number of nitriles is 1. The van der Waals surface area contributed by atoms with Crippen molar-refractivity contribution in [2.45, 2.75) is 25.0 Å². The molecule has 1 aromatic carbocycles. The molecule has 2 N–H and O–H groups in total. The van der Waals surface area contributed by atoms with Gasteiger partial charge in [-0.05, 0) is 18.6 Å². The predicted molar refractivity (Wildman–Crippen MR) is 97.8 cm³/mol. The Hall–Kier alpha value is -2.37. The van der Waals surface area contributed by atoms with Gasteiger partial charge in [-0.15, -0.1) is 0 Å². The van der Waals surface area contributed by atoms with Crippen molar-refractivity contribution in [3.8, 4) is 11.3 Å². The van der Waals surface area contributed by atoms with Crippen LogP contribution in [0, 0.1) is 18.3 Å². The Bertz CT molecular complexity index is 909. The summed E-state index contributed by atoms with van der Waals surface area (Å²) in [6, 6.07) is 5.89. The van der Waals surface area contributed by atoms with Gasteiger partial charge in [-0.25, -0.2) is 9.19 Å². The van der Waals surface area contributed by atoms with Crippen LogP contribution >= 0.6 is 11.3 Å². The van der Waals surface area contributed by atoms with Gasteiger partial charge in [-0.3, -0.25) is 4.72 Å². The number of ether oxygens (including phenoxy) is 1. The summed E-state index contributed by atoms with van der Waals surface area (Å²) in [5.41, 5.74) is 3.00. The molecule has 8 heteroatoms. The first-order valence-corrected chi connectivity index (χ1v) is 9.29.